The zero-order chi connectivity index (χ0) is 19.7. The molecule has 2 aromatic heterocycles. The summed E-state index contributed by atoms with van der Waals surface area (Å²) in [6.07, 6.45) is 7.20. The maximum atomic E-state index is 5.63. The minimum absolute atomic E-state index is 0.0711. The average Bonchev–Trinajstić information content (AvgIpc) is 3.10. The third-order valence-corrected chi connectivity index (χ3v) is 5.10. The Bertz CT molecular complexity index is 931. The molecule has 1 aliphatic carbocycles. The lowest BCUT2D eigenvalue weighted by atomic mass is 9.99. The Balaban J connectivity index is 1.61. The summed E-state index contributed by atoms with van der Waals surface area (Å²) in [6.45, 7) is 4.83. The molecule has 0 radical (unpaired) electrons. The number of likely N-dealkylation sites (N-methyl/N-ethyl adjacent to an activating group) is 1. The molecule has 0 saturated heterocycles. The molecule has 1 unspecified atom stereocenters. The number of aromatic nitrogens is 4. The van der Waals surface area contributed by atoms with Crippen LogP contribution in [-0.2, 0) is 17.8 Å². The number of methoxy groups -OCH3 is 1. The monoisotopic (exact) mass is 381 g/mol. The quantitative estimate of drug-likeness (QED) is 0.822. The van der Waals surface area contributed by atoms with Crippen LogP contribution in [0.25, 0.3) is 5.57 Å². The van der Waals surface area contributed by atoms with E-state index in [9.17, 15) is 0 Å². The van der Waals surface area contributed by atoms with Crippen molar-refractivity contribution in [2.24, 2.45) is 0 Å². The first kappa shape index (κ1) is 18.5. The number of hydrogen-bond acceptors (Lipinski definition) is 7. The highest BCUT2D eigenvalue weighted by Gasteiger charge is 2.23. The van der Waals surface area contributed by atoms with Gasteiger partial charge in [0.2, 0.25) is 5.95 Å². The van der Waals surface area contributed by atoms with Crippen LogP contribution in [0.5, 0.6) is 0 Å². The summed E-state index contributed by atoms with van der Waals surface area (Å²) in [6, 6.07) is 1.99. The first-order valence-electron chi connectivity index (χ1n) is 9.57. The second kappa shape index (κ2) is 7.63. The van der Waals surface area contributed by atoms with Crippen molar-refractivity contribution in [3.05, 3.63) is 47.4 Å². The molecule has 0 aromatic carbocycles. The summed E-state index contributed by atoms with van der Waals surface area (Å²) in [4.78, 5) is 16.2. The Morgan fingerprint density at radius 3 is 2.86 bits per heavy atom. The fourth-order valence-corrected chi connectivity index (χ4v) is 3.63. The topological polar surface area (TPSA) is 80.1 Å². The molecule has 8 nitrogen and oxygen atoms in total. The standard InChI is InChI=1S/C20H27N7O/c1-13-9-18(21-2)25-20(22-13)23-14-5-6-17(28-4)15(10-14)16-11-27-8-7-26(3)12-19(27)24-16/h6,9-11,14H,5,7-8,12H2,1-4H3,(H2,21,22,23,25). The third kappa shape index (κ3) is 3.73. The number of aryl methyl sites for hydroxylation is 1. The van der Waals surface area contributed by atoms with Crippen LogP contribution in [0.4, 0.5) is 11.8 Å². The van der Waals surface area contributed by atoms with Crippen molar-refractivity contribution >= 4 is 17.3 Å². The molecule has 0 amide bonds. The zero-order valence-electron chi connectivity index (χ0n) is 16.9. The second-order valence-electron chi connectivity index (χ2n) is 7.28. The Kier molecular flexibility index (Phi) is 5.04. The van der Waals surface area contributed by atoms with Gasteiger partial charge < -0.3 is 19.9 Å². The first-order chi connectivity index (χ1) is 13.6. The average molecular weight is 381 g/mol. The molecule has 28 heavy (non-hydrogen) atoms. The van der Waals surface area contributed by atoms with Gasteiger partial charge in [0.1, 0.15) is 17.4 Å². The molecule has 1 aliphatic heterocycles. The predicted molar refractivity (Wildman–Crippen MR) is 110 cm³/mol. The summed E-state index contributed by atoms with van der Waals surface area (Å²) in [5.74, 6) is 3.37. The number of nitrogens with one attached hydrogen (secondary N) is 2. The second-order valence-corrected chi connectivity index (χ2v) is 7.28. The van der Waals surface area contributed by atoms with Crippen LogP contribution < -0.4 is 10.6 Å². The largest absolute Gasteiger partial charge is 0.496 e. The fourth-order valence-electron chi connectivity index (χ4n) is 3.63. The summed E-state index contributed by atoms with van der Waals surface area (Å²) in [5, 5.41) is 6.50. The Morgan fingerprint density at radius 1 is 1.21 bits per heavy atom. The number of anilines is 2. The van der Waals surface area contributed by atoms with Crippen molar-refractivity contribution in [2.75, 3.05) is 38.4 Å². The molecule has 0 bridgehead atoms. The summed E-state index contributed by atoms with van der Waals surface area (Å²) in [5.41, 5.74) is 2.88. The van der Waals surface area contributed by atoms with E-state index in [0.29, 0.717) is 5.95 Å². The molecule has 1 atom stereocenters. The lowest BCUT2D eigenvalue weighted by molar-refractivity contribution is 0.264. The van der Waals surface area contributed by atoms with Crippen LogP contribution in [0.15, 0.2) is 30.2 Å². The van der Waals surface area contributed by atoms with Gasteiger partial charge in [-0.25, -0.2) is 9.97 Å². The maximum absolute atomic E-state index is 5.63. The smallest absolute Gasteiger partial charge is 0.225 e. The summed E-state index contributed by atoms with van der Waals surface area (Å²) < 4.78 is 7.87. The Morgan fingerprint density at radius 2 is 2.07 bits per heavy atom. The number of rotatable bonds is 5. The molecule has 2 N–H and O–H groups in total. The molecule has 4 rings (SSSR count). The van der Waals surface area contributed by atoms with Crippen LogP contribution >= 0.6 is 0 Å². The van der Waals surface area contributed by atoms with E-state index < -0.39 is 0 Å². The van der Waals surface area contributed by atoms with E-state index in [2.05, 4.69) is 55.5 Å². The van der Waals surface area contributed by atoms with Gasteiger partial charge in [0, 0.05) is 43.7 Å². The number of fused-ring (bicyclic) bond motifs is 1. The number of allylic oxidation sites excluding steroid dienone is 1. The van der Waals surface area contributed by atoms with Crippen molar-refractivity contribution < 1.29 is 4.74 Å². The lowest BCUT2D eigenvalue weighted by Gasteiger charge is -2.22. The van der Waals surface area contributed by atoms with Crippen molar-refractivity contribution in [3.63, 3.8) is 0 Å². The summed E-state index contributed by atoms with van der Waals surface area (Å²) in [7, 11) is 5.69. The van der Waals surface area contributed by atoms with E-state index in [1.54, 1.807) is 7.11 Å². The fraction of sp³-hybridized carbons (Fsp3) is 0.450. The van der Waals surface area contributed by atoms with E-state index >= 15 is 0 Å². The normalized spacial score (nSPS) is 19.5. The van der Waals surface area contributed by atoms with Gasteiger partial charge in [0.15, 0.2) is 0 Å². The molecule has 0 saturated carbocycles. The molecule has 0 spiro atoms. The van der Waals surface area contributed by atoms with Crippen LogP contribution in [0.1, 0.15) is 23.6 Å². The Labute approximate surface area is 165 Å². The Hall–Kier alpha value is -2.87. The minimum Gasteiger partial charge on any atom is -0.496 e. The highest BCUT2D eigenvalue weighted by molar-refractivity contribution is 5.77. The van der Waals surface area contributed by atoms with Crippen LogP contribution in [-0.4, -0.2) is 58.2 Å². The molecule has 8 heteroatoms. The van der Waals surface area contributed by atoms with Gasteiger partial charge in [-0.3, -0.25) is 4.90 Å². The zero-order valence-corrected chi connectivity index (χ0v) is 16.9. The van der Waals surface area contributed by atoms with Crippen molar-refractivity contribution in [1.29, 1.82) is 0 Å². The number of imidazole rings is 1. The van der Waals surface area contributed by atoms with Gasteiger partial charge in [-0.1, -0.05) is 0 Å². The van der Waals surface area contributed by atoms with E-state index in [1.165, 1.54) is 0 Å². The van der Waals surface area contributed by atoms with E-state index in [4.69, 9.17) is 9.72 Å². The molecule has 0 fully saturated rings. The van der Waals surface area contributed by atoms with Crippen molar-refractivity contribution in [3.8, 4) is 0 Å². The van der Waals surface area contributed by atoms with Gasteiger partial charge in [-0.2, -0.15) is 4.98 Å². The van der Waals surface area contributed by atoms with Gasteiger partial charge >= 0.3 is 0 Å². The molecule has 2 aromatic rings. The van der Waals surface area contributed by atoms with E-state index in [-0.39, 0.29) is 6.04 Å². The van der Waals surface area contributed by atoms with Gasteiger partial charge in [0.25, 0.3) is 0 Å². The molecule has 2 aliphatic rings. The van der Waals surface area contributed by atoms with E-state index in [1.807, 2.05) is 20.0 Å². The number of nitrogens with zero attached hydrogens (tertiary/aromatic N) is 5. The van der Waals surface area contributed by atoms with Crippen LogP contribution in [0, 0.1) is 6.92 Å². The molecule has 148 valence electrons. The van der Waals surface area contributed by atoms with Gasteiger partial charge in [0.05, 0.1) is 25.4 Å². The predicted octanol–water partition coefficient (Wildman–Crippen LogP) is 2.27. The number of ether oxygens (including phenoxy) is 1. The highest BCUT2D eigenvalue weighted by Crippen LogP contribution is 2.30. The van der Waals surface area contributed by atoms with Crippen molar-refractivity contribution in [2.45, 2.75) is 32.5 Å². The molecular weight excluding hydrogens is 354 g/mol. The maximum Gasteiger partial charge on any atom is 0.225 e. The number of hydrogen-bond donors (Lipinski definition) is 2. The highest BCUT2D eigenvalue weighted by atomic mass is 16.5. The van der Waals surface area contributed by atoms with Crippen molar-refractivity contribution in [1.82, 2.24) is 24.4 Å². The first-order valence-corrected chi connectivity index (χ1v) is 9.57. The van der Waals surface area contributed by atoms with Crippen LogP contribution in [0.3, 0.4) is 0 Å². The van der Waals surface area contributed by atoms with Gasteiger partial charge in [-0.15, -0.1) is 0 Å². The molecular formula is C20H27N7O. The summed E-state index contributed by atoms with van der Waals surface area (Å²) >= 11 is 0. The third-order valence-electron chi connectivity index (χ3n) is 5.10. The van der Waals surface area contributed by atoms with E-state index in [0.717, 1.165) is 60.4 Å². The lowest BCUT2D eigenvalue weighted by Crippen LogP contribution is -2.30. The van der Waals surface area contributed by atoms with Crippen LogP contribution in [0.2, 0.25) is 0 Å². The SMILES string of the molecule is CNc1cc(C)nc(NC2C=C(c3cn4c(n3)CN(C)CC4)C(OC)=CC2)n1. The molecule has 3 heterocycles. The minimum atomic E-state index is 0.0711. The van der Waals surface area contributed by atoms with Gasteiger partial charge in [-0.05, 0) is 32.5 Å².